The standard InChI is InChI=1S/C5H5ClF3N3/c6-4-11-10-3-12(4)2-1-5(7,8)9/h3H,1-2H2. The predicted octanol–water partition coefficient (Wildman–Crippen LogP) is 1.88. The summed E-state index contributed by atoms with van der Waals surface area (Å²) in [4.78, 5) is 0. The van der Waals surface area contributed by atoms with Crippen molar-refractivity contribution in [3.63, 3.8) is 0 Å². The second-order valence-electron chi connectivity index (χ2n) is 2.16. The van der Waals surface area contributed by atoms with Gasteiger partial charge in [-0.25, -0.2) is 0 Å². The number of hydrogen-bond donors (Lipinski definition) is 0. The fourth-order valence-electron chi connectivity index (χ4n) is 0.638. The molecule has 0 N–H and O–H groups in total. The lowest BCUT2D eigenvalue weighted by Crippen LogP contribution is -2.11. The van der Waals surface area contributed by atoms with Crippen molar-refractivity contribution in [2.24, 2.45) is 0 Å². The third kappa shape index (κ3) is 2.69. The van der Waals surface area contributed by atoms with Crippen molar-refractivity contribution in [3.8, 4) is 0 Å². The second kappa shape index (κ2) is 3.30. The van der Waals surface area contributed by atoms with Crippen LogP contribution in [0.1, 0.15) is 6.42 Å². The zero-order chi connectivity index (χ0) is 9.19. The summed E-state index contributed by atoms with van der Waals surface area (Å²) in [5, 5.41) is 6.64. The average Bonchev–Trinajstić information content (AvgIpc) is 2.29. The van der Waals surface area contributed by atoms with Crippen LogP contribution in [0.5, 0.6) is 0 Å². The maximum Gasteiger partial charge on any atom is 0.390 e. The molecule has 12 heavy (non-hydrogen) atoms. The molecule has 68 valence electrons. The molecular formula is C5H5ClF3N3. The molecular weight excluding hydrogens is 195 g/mol. The Morgan fingerprint density at radius 1 is 1.50 bits per heavy atom. The molecule has 0 amide bonds. The van der Waals surface area contributed by atoms with Crippen molar-refractivity contribution >= 4 is 11.6 Å². The van der Waals surface area contributed by atoms with Gasteiger partial charge in [0, 0.05) is 6.54 Å². The van der Waals surface area contributed by atoms with Gasteiger partial charge in [0.05, 0.1) is 6.42 Å². The first-order chi connectivity index (χ1) is 5.49. The normalized spacial score (nSPS) is 12.0. The van der Waals surface area contributed by atoms with Gasteiger partial charge in [-0.1, -0.05) is 0 Å². The molecule has 7 heteroatoms. The van der Waals surface area contributed by atoms with Crippen LogP contribution < -0.4 is 0 Å². The van der Waals surface area contributed by atoms with Crippen molar-refractivity contribution in [3.05, 3.63) is 11.6 Å². The largest absolute Gasteiger partial charge is 0.390 e. The van der Waals surface area contributed by atoms with Crippen LogP contribution in [0.25, 0.3) is 0 Å². The van der Waals surface area contributed by atoms with Crippen molar-refractivity contribution in [1.29, 1.82) is 0 Å². The summed E-state index contributed by atoms with van der Waals surface area (Å²) in [6.07, 6.45) is -3.94. The topological polar surface area (TPSA) is 30.7 Å². The molecule has 0 aliphatic rings. The van der Waals surface area contributed by atoms with Gasteiger partial charge in [0.15, 0.2) is 0 Å². The Morgan fingerprint density at radius 3 is 2.58 bits per heavy atom. The number of rotatable bonds is 2. The number of nitrogens with zero attached hydrogens (tertiary/aromatic N) is 3. The Hall–Kier alpha value is -0.780. The van der Waals surface area contributed by atoms with Gasteiger partial charge in [-0.05, 0) is 11.6 Å². The molecule has 0 aromatic carbocycles. The van der Waals surface area contributed by atoms with Crippen LogP contribution >= 0.6 is 11.6 Å². The average molecular weight is 200 g/mol. The van der Waals surface area contributed by atoms with E-state index in [9.17, 15) is 13.2 Å². The highest BCUT2D eigenvalue weighted by molar-refractivity contribution is 6.28. The van der Waals surface area contributed by atoms with Gasteiger partial charge in [-0.2, -0.15) is 13.2 Å². The summed E-state index contributed by atoms with van der Waals surface area (Å²) in [5.74, 6) is 0. The molecule has 0 unspecified atom stereocenters. The zero-order valence-corrected chi connectivity index (χ0v) is 6.60. The van der Waals surface area contributed by atoms with Gasteiger partial charge < -0.3 is 4.57 Å². The van der Waals surface area contributed by atoms with Crippen LogP contribution in [0.2, 0.25) is 5.28 Å². The minimum Gasteiger partial charge on any atom is -0.304 e. The summed E-state index contributed by atoms with van der Waals surface area (Å²) in [5.41, 5.74) is 0. The third-order valence-corrected chi connectivity index (χ3v) is 1.50. The summed E-state index contributed by atoms with van der Waals surface area (Å²) in [7, 11) is 0. The molecule has 0 aliphatic heterocycles. The fourth-order valence-corrected chi connectivity index (χ4v) is 0.810. The Balaban J connectivity index is 2.49. The molecule has 0 aliphatic carbocycles. The third-order valence-electron chi connectivity index (χ3n) is 1.20. The van der Waals surface area contributed by atoms with E-state index in [0.717, 1.165) is 10.9 Å². The summed E-state index contributed by atoms with van der Waals surface area (Å²) in [6, 6.07) is 0. The second-order valence-corrected chi connectivity index (χ2v) is 2.50. The molecule has 0 saturated heterocycles. The van der Waals surface area contributed by atoms with E-state index in [1.54, 1.807) is 0 Å². The van der Waals surface area contributed by atoms with Crippen molar-refractivity contribution in [2.75, 3.05) is 0 Å². The lowest BCUT2D eigenvalue weighted by molar-refractivity contribution is -0.136. The molecule has 1 aromatic rings. The van der Waals surface area contributed by atoms with Crippen molar-refractivity contribution < 1.29 is 13.2 Å². The number of hydrogen-bond acceptors (Lipinski definition) is 2. The number of aryl methyl sites for hydroxylation is 1. The van der Waals surface area contributed by atoms with E-state index in [1.165, 1.54) is 0 Å². The van der Waals surface area contributed by atoms with Gasteiger partial charge in [-0.3, -0.25) is 0 Å². The quantitative estimate of drug-likeness (QED) is 0.728. The predicted molar refractivity (Wildman–Crippen MR) is 35.7 cm³/mol. The van der Waals surface area contributed by atoms with Gasteiger partial charge in [0.25, 0.3) is 0 Å². The molecule has 0 atom stereocenters. The van der Waals surface area contributed by atoms with E-state index in [2.05, 4.69) is 10.2 Å². The van der Waals surface area contributed by atoms with Gasteiger partial charge in [0.1, 0.15) is 6.33 Å². The van der Waals surface area contributed by atoms with E-state index in [1.807, 2.05) is 0 Å². The number of alkyl halides is 3. The summed E-state index contributed by atoms with van der Waals surface area (Å²) in [6.45, 7) is -0.241. The van der Waals surface area contributed by atoms with Crippen LogP contribution in [0, 0.1) is 0 Å². The van der Waals surface area contributed by atoms with Crippen LogP contribution in [-0.2, 0) is 6.54 Å². The molecule has 0 fully saturated rings. The molecule has 0 radical (unpaired) electrons. The van der Waals surface area contributed by atoms with E-state index < -0.39 is 12.6 Å². The van der Waals surface area contributed by atoms with Crippen molar-refractivity contribution in [2.45, 2.75) is 19.1 Å². The molecule has 1 rings (SSSR count). The Morgan fingerprint density at radius 2 is 2.17 bits per heavy atom. The van der Waals surface area contributed by atoms with E-state index >= 15 is 0 Å². The maximum absolute atomic E-state index is 11.7. The minimum atomic E-state index is -4.17. The molecule has 1 aromatic heterocycles. The first kappa shape index (κ1) is 9.31. The van der Waals surface area contributed by atoms with Crippen LogP contribution in [0.4, 0.5) is 13.2 Å². The van der Waals surface area contributed by atoms with E-state index in [4.69, 9.17) is 11.6 Å². The highest BCUT2D eigenvalue weighted by Gasteiger charge is 2.26. The van der Waals surface area contributed by atoms with Crippen LogP contribution in [-0.4, -0.2) is 20.9 Å². The number of aromatic nitrogens is 3. The Bertz CT molecular complexity index is 257. The lowest BCUT2D eigenvalue weighted by atomic mass is 10.4. The molecule has 3 nitrogen and oxygen atoms in total. The van der Waals surface area contributed by atoms with Crippen LogP contribution in [0.3, 0.4) is 0 Å². The molecule has 1 heterocycles. The smallest absolute Gasteiger partial charge is 0.304 e. The zero-order valence-electron chi connectivity index (χ0n) is 5.85. The van der Waals surface area contributed by atoms with Gasteiger partial charge in [-0.15, -0.1) is 10.2 Å². The lowest BCUT2D eigenvalue weighted by Gasteiger charge is -2.05. The van der Waals surface area contributed by atoms with Gasteiger partial charge in [0.2, 0.25) is 5.28 Å². The first-order valence-corrected chi connectivity index (χ1v) is 3.47. The maximum atomic E-state index is 11.7. The minimum absolute atomic E-state index is 0.0285. The van der Waals surface area contributed by atoms with Crippen LogP contribution in [0.15, 0.2) is 6.33 Å². The first-order valence-electron chi connectivity index (χ1n) is 3.09. The van der Waals surface area contributed by atoms with Gasteiger partial charge >= 0.3 is 6.18 Å². The highest BCUT2D eigenvalue weighted by atomic mass is 35.5. The Kier molecular flexibility index (Phi) is 2.56. The summed E-state index contributed by atoms with van der Waals surface area (Å²) >= 11 is 5.39. The van der Waals surface area contributed by atoms with E-state index in [0.29, 0.717) is 0 Å². The SMILES string of the molecule is FC(F)(F)CCn1cnnc1Cl. The van der Waals surface area contributed by atoms with Crippen molar-refractivity contribution in [1.82, 2.24) is 14.8 Å². The van der Waals surface area contributed by atoms with E-state index in [-0.39, 0.29) is 11.8 Å². The molecule has 0 bridgehead atoms. The fraction of sp³-hybridized carbons (Fsp3) is 0.600. The molecule has 0 saturated carbocycles. The Labute approximate surface area is 71.2 Å². The monoisotopic (exact) mass is 199 g/mol. The molecule has 0 spiro atoms. The summed E-state index contributed by atoms with van der Waals surface area (Å²) < 4.78 is 36.2. The number of halogens is 4. The highest BCUT2D eigenvalue weighted by Crippen LogP contribution is 2.20.